The van der Waals surface area contributed by atoms with Crippen LogP contribution in [-0.4, -0.2) is 36.8 Å². The van der Waals surface area contributed by atoms with Crippen LogP contribution in [0.25, 0.3) is 16.9 Å². The van der Waals surface area contributed by atoms with Crippen LogP contribution < -0.4 is 11.2 Å². The van der Waals surface area contributed by atoms with Crippen molar-refractivity contribution >= 4 is 16.9 Å². The number of aryl methyl sites for hydroxylation is 3. The van der Waals surface area contributed by atoms with Gasteiger partial charge in [0.25, 0.3) is 5.56 Å². The molecule has 29 heavy (non-hydrogen) atoms. The molecule has 0 unspecified atom stereocenters. The number of hydrogen-bond donors (Lipinski definition) is 0. The third-order valence-corrected chi connectivity index (χ3v) is 5.16. The van der Waals surface area contributed by atoms with Gasteiger partial charge in [-0.15, -0.1) is 0 Å². The molecule has 0 radical (unpaired) electrons. The molecule has 3 heterocycles. The van der Waals surface area contributed by atoms with Gasteiger partial charge >= 0.3 is 5.69 Å². The van der Waals surface area contributed by atoms with Crippen LogP contribution >= 0.6 is 0 Å². The van der Waals surface area contributed by atoms with Crippen molar-refractivity contribution in [3.05, 3.63) is 68.4 Å². The molecule has 152 valence electrons. The van der Waals surface area contributed by atoms with Crippen LogP contribution in [0.5, 0.6) is 0 Å². The van der Waals surface area contributed by atoms with Gasteiger partial charge in [-0.25, -0.2) is 9.18 Å². The Labute approximate surface area is 165 Å². The molecule has 0 saturated carbocycles. The topological polar surface area (TPSA) is 75.5 Å². The Kier molecular flexibility index (Phi) is 4.83. The number of ether oxygens (including phenoxy) is 1. The van der Waals surface area contributed by atoms with E-state index < -0.39 is 17.1 Å². The molecule has 4 rings (SSSR count). The maximum atomic E-state index is 14.1. The Morgan fingerprint density at radius 3 is 2.66 bits per heavy atom. The molecular formula is C20H22FN5O3. The van der Waals surface area contributed by atoms with Crippen molar-refractivity contribution < 1.29 is 9.13 Å². The number of benzene rings is 1. The minimum Gasteiger partial charge on any atom is -0.385 e. The smallest absolute Gasteiger partial charge is 0.332 e. The third-order valence-electron chi connectivity index (χ3n) is 5.16. The molecule has 0 amide bonds. The van der Waals surface area contributed by atoms with Crippen LogP contribution in [0.2, 0.25) is 0 Å². The van der Waals surface area contributed by atoms with Crippen molar-refractivity contribution in [3.63, 3.8) is 0 Å². The second kappa shape index (κ2) is 7.32. The van der Waals surface area contributed by atoms with Gasteiger partial charge in [-0.05, 0) is 19.4 Å². The molecule has 8 nitrogen and oxygen atoms in total. The quantitative estimate of drug-likeness (QED) is 0.463. The molecule has 4 aromatic rings. The molecule has 0 N–H and O–H groups in total. The summed E-state index contributed by atoms with van der Waals surface area (Å²) in [5.41, 5.74) is 0.800. The summed E-state index contributed by atoms with van der Waals surface area (Å²) < 4.78 is 25.3. The molecule has 0 atom stereocenters. The first-order valence-electron chi connectivity index (χ1n) is 9.34. The van der Waals surface area contributed by atoms with Gasteiger partial charge in [-0.1, -0.05) is 18.2 Å². The number of halogens is 1. The molecule has 0 aliphatic carbocycles. The standard InChI is InChI=1S/C20H22FN5O3/c1-13-11-25-16-17(22-19(25)24(13)9-6-10-29-3)23(2)20(28)26(18(16)27)12-14-7-4-5-8-15(14)21/h4-5,7-8,11H,6,9-10,12H2,1-3H3. The number of methoxy groups -OCH3 is 1. The minimum absolute atomic E-state index is 0.144. The van der Waals surface area contributed by atoms with Gasteiger partial charge < -0.3 is 9.30 Å². The summed E-state index contributed by atoms with van der Waals surface area (Å²) in [6, 6.07) is 6.11. The van der Waals surface area contributed by atoms with E-state index in [9.17, 15) is 14.0 Å². The Bertz CT molecular complexity index is 1330. The zero-order chi connectivity index (χ0) is 20.7. The summed E-state index contributed by atoms with van der Waals surface area (Å²) in [6.07, 6.45) is 2.62. The Hall–Kier alpha value is -3.20. The van der Waals surface area contributed by atoms with Crippen LogP contribution in [-0.2, 0) is 24.9 Å². The van der Waals surface area contributed by atoms with Crippen molar-refractivity contribution in [2.75, 3.05) is 13.7 Å². The van der Waals surface area contributed by atoms with Crippen LogP contribution in [0.15, 0.2) is 40.1 Å². The maximum absolute atomic E-state index is 14.1. The van der Waals surface area contributed by atoms with Crippen molar-refractivity contribution in [2.24, 2.45) is 7.05 Å². The number of nitrogens with zero attached hydrogens (tertiary/aromatic N) is 5. The largest absolute Gasteiger partial charge is 0.385 e. The average Bonchev–Trinajstić information content (AvgIpc) is 3.21. The SMILES string of the molecule is COCCCn1c(C)cn2c3c(=O)n(Cc4ccccc4F)c(=O)n(C)c3nc12. The van der Waals surface area contributed by atoms with E-state index in [0.29, 0.717) is 30.1 Å². The van der Waals surface area contributed by atoms with E-state index in [1.165, 1.54) is 10.6 Å². The Morgan fingerprint density at radius 1 is 1.17 bits per heavy atom. The van der Waals surface area contributed by atoms with Crippen LogP contribution in [0.1, 0.15) is 17.7 Å². The fraction of sp³-hybridized carbons (Fsp3) is 0.350. The second-order valence-corrected chi connectivity index (χ2v) is 7.05. The zero-order valence-electron chi connectivity index (χ0n) is 16.6. The highest BCUT2D eigenvalue weighted by molar-refractivity contribution is 5.75. The lowest BCUT2D eigenvalue weighted by molar-refractivity contribution is 0.190. The van der Waals surface area contributed by atoms with Gasteiger partial charge in [-0.3, -0.25) is 18.3 Å². The Morgan fingerprint density at radius 2 is 1.93 bits per heavy atom. The molecule has 0 fully saturated rings. The van der Waals surface area contributed by atoms with Gasteiger partial charge in [-0.2, -0.15) is 4.98 Å². The highest BCUT2D eigenvalue weighted by atomic mass is 19.1. The fourth-order valence-electron chi connectivity index (χ4n) is 3.63. The monoisotopic (exact) mass is 399 g/mol. The van der Waals surface area contributed by atoms with Crippen molar-refractivity contribution in [3.8, 4) is 0 Å². The van der Waals surface area contributed by atoms with Crippen molar-refractivity contribution in [2.45, 2.75) is 26.4 Å². The minimum atomic E-state index is -0.533. The van der Waals surface area contributed by atoms with Crippen molar-refractivity contribution in [1.29, 1.82) is 0 Å². The van der Waals surface area contributed by atoms with E-state index >= 15 is 0 Å². The highest BCUT2D eigenvalue weighted by Crippen LogP contribution is 2.17. The molecule has 3 aromatic heterocycles. The zero-order valence-corrected chi connectivity index (χ0v) is 16.6. The van der Waals surface area contributed by atoms with Crippen LogP contribution in [0.4, 0.5) is 4.39 Å². The molecule has 0 bridgehead atoms. The summed E-state index contributed by atoms with van der Waals surface area (Å²) in [5.74, 6) is 0.129. The number of rotatable bonds is 6. The lowest BCUT2D eigenvalue weighted by atomic mass is 10.2. The normalized spacial score (nSPS) is 11.7. The number of imidazole rings is 2. The van der Waals surface area contributed by atoms with Crippen LogP contribution in [0, 0.1) is 12.7 Å². The Balaban J connectivity index is 1.93. The first-order valence-corrected chi connectivity index (χ1v) is 9.34. The molecule has 0 aliphatic heterocycles. The molecule has 0 saturated heterocycles. The number of aromatic nitrogens is 5. The van der Waals surface area contributed by atoms with Gasteiger partial charge in [0, 0.05) is 44.8 Å². The van der Waals surface area contributed by atoms with Gasteiger partial charge in [0.05, 0.1) is 6.54 Å². The summed E-state index contributed by atoms with van der Waals surface area (Å²) in [6.45, 7) is 3.08. The third kappa shape index (κ3) is 3.07. The number of fused-ring (bicyclic) bond motifs is 3. The first kappa shape index (κ1) is 19.1. The maximum Gasteiger partial charge on any atom is 0.332 e. The predicted octanol–water partition coefficient (Wildman–Crippen LogP) is 1.68. The summed E-state index contributed by atoms with van der Waals surface area (Å²) in [7, 11) is 3.21. The van der Waals surface area contributed by atoms with E-state index in [1.54, 1.807) is 36.8 Å². The van der Waals surface area contributed by atoms with E-state index in [2.05, 4.69) is 4.98 Å². The number of hydrogen-bond acceptors (Lipinski definition) is 4. The molecule has 9 heteroatoms. The van der Waals surface area contributed by atoms with Crippen LogP contribution in [0.3, 0.4) is 0 Å². The van der Waals surface area contributed by atoms with Gasteiger partial charge in [0.15, 0.2) is 11.2 Å². The van der Waals surface area contributed by atoms with E-state index in [-0.39, 0.29) is 12.1 Å². The van der Waals surface area contributed by atoms with E-state index in [1.807, 2.05) is 17.7 Å². The molecule has 1 aromatic carbocycles. The summed E-state index contributed by atoms with van der Waals surface area (Å²) in [4.78, 5) is 30.6. The van der Waals surface area contributed by atoms with E-state index in [0.717, 1.165) is 16.7 Å². The fourth-order valence-corrected chi connectivity index (χ4v) is 3.63. The van der Waals surface area contributed by atoms with Gasteiger partial charge in [0.2, 0.25) is 5.78 Å². The van der Waals surface area contributed by atoms with E-state index in [4.69, 9.17) is 4.74 Å². The molecule has 0 spiro atoms. The predicted molar refractivity (Wildman–Crippen MR) is 107 cm³/mol. The van der Waals surface area contributed by atoms with Gasteiger partial charge in [0.1, 0.15) is 5.82 Å². The first-order chi connectivity index (χ1) is 13.9. The highest BCUT2D eigenvalue weighted by Gasteiger charge is 2.20. The molecular weight excluding hydrogens is 377 g/mol. The average molecular weight is 399 g/mol. The molecule has 0 aliphatic rings. The lowest BCUT2D eigenvalue weighted by Crippen LogP contribution is -2.39. The summed E-state index contributed by atoms with van der Waals surface area (Å²) in [5, 5.41) is 0. The van der Waals surface area contributed by atoms with Crippen molar-refractivity contribution in [1.82, 2.24) is 23.1 Å². The summed E-state index contributed by atoms with van der Waals surface area (Å²) >= 11 is 0. The second-order valence-electron chi connectivity index (χ2n) is 7.05. The lowest BCUT2D eigenvalue weighted by Gasteiger charge is -2.09.